The van der Waals surface area contributed by atoms with Gasteiger partial charge in [0, 0.05) is 55.4 Å². The standard InChI is InChI=1S/C32H38F2N10O3.CH2O2/c1-3-19-17-20(43-28-29-42-18-24(44(29)16-15-36-28)22-8-9-25(47-2)27(34)26(22)33)6-7-21(19)30(45)37-11-12-38-31(46)23(35)5-4-10-39-32-40-13-14-41-32;2-1-3/h6-9,15-18,23H,3-5,10-14,35H2,1-2H3,(H,36,43)(H,37,45)(H,38,46)(H2,39,40,41);1H,(H,2,3). The van der Waals surface area contributed by atoms with E-state index in [-0.39, 0.29) is 42.7 Å². The molecule has 15 nitrogen and oxygen atoms in total. The van der Waals surface area contributed by atoms with Gasteiger partial charge in [0.15, 0.2) is 29.0 Å². The highest BCUT2D eigenvalue weighted by atomic mass is 19.2. The van der Waals surface area contributed by atoms with E-state index in [1.165, 1.54) is 31.6 Å². The molecule has 0 aliphatic carbocycles. The van der Waals surface area contributed by atoms with Gasteiger partial charge >= 0.3 is 0 Å². The number of fused-ring (bicyclic) bond motifs is 1. The van der Waals surface area contributed by atoms with Crippen LogP contribution in [-0.2, 0) is 16.0 Å². The second kappa shape index (κ2) is 18.1. The number of aliphatic imine (C=N–C) groups is 1. The lowest BCUT2D eigenvalue weighted by Crippen LogP contribution is -2.44. The summed E-state index contributed by atoms with van der Waals surface area (Å²) in [5, 5.41) is 22.0. The van der Waals surface area contributed by atoms with Gasteiger partial charge in [0.2, 0.25) is 11.7 Å². The maximum Gasteiger partial charge on any atom is 0.290 e. The lowest BCUT2D eigenvalue weighted by Gasteiger charge is -2.14. The normalized spacial score (nSPS) is 12.5. The number of carboxylic acid groups (broad SMARTS) is 1. The zero-order valence-corrected chi connectivity index (χ0v) is 27.6. The number of nitrogens with zero attached hydrogens (tertiary/aromatic N) is 4. The van der Waals surface area contributed by atoms with Crippen molar-refractivity contribution in [1.82, 2.24) is 35.6 Å². The van der Waals surface area contributed by atoms with Gasteiger partial charge in [-0.15, -0.1) is 0 Å². The van der Waals surface area contributed by atoms with Crippen LogP contribution in [0.4, 0.5) is 20.3 Å². The number of carbonyl (C=O) groups is 3. The number of nitrogens with two attached hydrogens (primary N) is 1. The lowest BCUT2D eigenvalue weighted by molar-refractivity contribution is -0.123. The molecule has 1 atom stereocenters. The number of hydrogen-bond acceptors (Lipinski definition) is 11. The van der Waals surface area contributed by atoms with Crippen molar-refractivity contribution in [3.8, 4) is 17.0 Å². The molecule has 266 valence electrons. The topological polar surface area (TPSA) is 209 Å². The fourth-order valence-corrected chi connectivity index (χ4v) is 5.18. The third-order valence-electron chi connectivity index (χ3n) is 7.67. The molecule has 8 N–H and O–H groups in total. The summed E-state index contributed by atoms with van der Waals surface area (Å²) in [6.45, 7) is 4.42. The van der Waals surface area contributed by atoms with Gasteiger partial charge in [0.05, 0.1) is 31.6 Å². The van der Waals surface area contributed by atoms with Crippen LogP contribution >= 0.6 is 0 Å². The quantitative estimate of drug-likeness (QED) is 0.0752. The number of guanidine groups is 1. The Bertz CT molecular complexity index is 1830. The van der Waals surface area contributed by atoms with Crippen molar-refractivity contribution in [2.24, 2.45) is 10.7 Å². The Morgan fingerprint density at radius 1 is 1.14 bits per heavy atom. The SMILES string of the molecule is CCc1cc(Nc2nccn3c(-c4ccc(OC)c(F)c4F)cnc23)ccc1C(=O)NCCNC(=O)C(N)CCCNC1=NCCN1.O=CO. The van der Waals surface area contributed by atoms with Gasteiger partial charge in [-0.2, -0.15) is 4.39 Å². The Balaban J connectivity index is 0.00000181. The molecule has 0 radical (unpaired) electrons. The van der Waals surface area contributed by atoms with E-state index in [0.717, 1.165) is 31.0 Å². The predicted molar refractivity (Wildman–Crippen MR) is 184 cm³/mol. The fourth-order valence-electron chi connectivity index (χ4n) is 5.18. The van der Waals surface area contributed by atoms with Crippen molar-refractivity contribution in [2.45, 2.75) is 32.2 Å². The molecule has 5 rings (SSSR count). The molecular weight excluding hydrogens is 654 g/mol. The Morgan fingerprint density at radius 3 is 2.64 bits per heavy atom. The van der Waals surface area contributed by atoms with E-state index in [1.54, 1.807) is 22.7 Å². The summed E-state index contributed by atoms with van der Waals surface area (Å²) >= 11 is 0. The summed E-state index contributed by atoms with van der Waals surface area (Å²) in [7, 11) is 1.27. The molecule has 2 aromatic carbocycles. The number of halogens is 2. The predicted octanol–water partition coefficient (Wildman–Crippen LogP) is 2.19. The number of ether oxygens (including phenoxy) is 1. The molecule has 2 aromatic heterocycles. The van der Waals surface area contributed by atoms with Crippen molar-refractivity contribution in [2.75, 3.05) is 45.2 Å². The summed E-state index contributed by atoms with van der Waals surface area (Å²) in [6.07, 6.45) is 6.39. The molecular formula is C33H40F2N10O5. The molecule has 0 bridgehead atoms. The van der Waals surface area contributed by atoms with E-state index in [0.29, 0.717) is 47.8 Å². The highest BCUT2D eigenvalue weighted by Crippen LogP contribution is 2.31. The highest BCUT2D eigenvalue weighted by molar-refractivity contribution is 5.96. The number of aromatic nitrogens is 3. The summed E-state index contributed by atoms with van der Waals surface area (Å²) in [6, 6.07) is 7.44. The zero-order chi connectivity index (χ0) is 36.0. The van der Waals surface area contributed by atoms with Crippen molar-refractivity contribution >= 4 is 41.4 Å². The highest BCUT2D eigenvalue weighted by Gasteiger charge is 2.20. The van der Waals surface area contributed by atoms with Gasteiger partial charge in [-0.1, -0.05) is 6.92 Å². The van der Waals surface area contributed by atoms with E-state index in [4.69, 9.17) is 20.4 Å². The lowest BCUT2D eigenvalue weighted by atomic mass is 10.0. The van der Waals surface area contributed by atoms with Crippen molar-refractivity contribution in [3.05, 3.63) is 71.7 Å². The number of amides is 2. The summed E-state index contributed by atoms with van der Waals surface area (Å²) in [4.78, 5) is 46.7. The Kier molecular flexibility index (Phi) is 13.4. The molecule has 1 aliphatic heterocycles. The van der Waals surface area contributed by atoms with Crippen molar-refractivity contribution < 1.29 is 33.0 Å². The summed E-state index contributed by atoms with van der Waals surface area (Å²) < 4.78 is 35.7. The number of methoxy groups -OCH3 is 1. The van der Waals surface area contributed by atoms with Gasteiger partial charge in [-0.05, 0) is 55.2 Å². The molecule has 0 saturated carbocycles. The maximum atomic E-state index is 14.8. The van der Waals surface area contributed by atoms with Crippen LogP contribution in [0.25, 0.3) is 16.9 Å². The van der Waals surface area contributed by atoms with Gasteiger partial charge in [0.1, 0.15) is 0 Å². The van der Waals surface area contributed by atoms with E-state index in [2.05, 4.69) is 41.5 Å². The fraction of sp³-hybridized carbons (Fsp3) is 0.333. The summed E-state index contributed by atoms with van der Waals surface area (Å²) in [5.74, 6) is -1.69. The number of benzene rings is 2. The number of rotatable bonds is 14. The molecule has 17 heteroatoms. The number of hydrogen-bond donors (Lipinski definition) is 7. The first-order valence-corrected chi connectivity index (χ1v) is 15.9. The number of anilines is 2. The number of nitrogens with one attached hydrogen (secondary N) is 5. The number of carbonyl (C=O) groups excluding carboxylic acids is 2. The van der Waals surface area contributed by atoms with Crippen LogP contribution in [0.15, 0.2) is 53.9 Å². The molecule has 1 aliphatic rings. The first-order chi connectivity index (χ1) is 24.2. The van der Waals surface area contributed by atoms with Gasteiger partial charge in [-0.3, -0.25) is 23.8 Å². The summed E-state index contributed by atoms with van der Waals surface area (Å²) in [5.41, 5.74) is 8.72. The number of aryl methyl sites for hydroxylation is 1. The van der Waals surface area contributed by atoms with E-state index in [9.17, 15) is 18.4 Å². The Morgan fingerprint density at radius 2 is 1.92 bits per heavy atom. The molecule has 50 heavy (non-hydrogen) atoms. The van der Waals surface area contributed by atoms with Gasteiger partial charge in [-0.25, -0.2) is 14.4 Å². The van der Waals surface area contributed by atoms with Gasteiger partial charge in [0.25, 0.3) is 12.4 Å². The van der Waals surface area contributed by atoms with E-state index in [1.807, 2.05) is 13.0 Å². The van der Waals surface area contributed by atoms with Crippen molar-refractivity contribution in [1.29, 1.82) is 0 Å². The van der Waals surface area contributed by atoms with Crippen LogP contribution in [0.1, 0.15) is 35.7 Å². The monoisotopic (exact) mass is 694 g/mol. The molecule has 3 heterocycles. The molecule has 4 aromatic rings. The first kappa shape index (κ1) is 37.0. The third-order valence-corrected chi connectivity index (χ3v) is 7.67. The van der Waals surface area contributed by atoms with Crippen LogP contribution in [0.3, 0.4) is 0 Å². The molecule has 0 saturated heterocycles. The zero-order valence-electron chi connectivity index (χ0n) is 27.6. The average Bonchev–Trinajstić information content (AvgIpc) is 3.81. The minimum absolute atomic E-state index is 0.0236. The second-order valence-corrected chi connectivity index (χ2v) is 10.9. The largest absolute Gasteiger partial charge is 0.494 e. The first-order valence-electron chi connectivity index (χ1n) is 15.9. The smallest absolute Gasteiger partial charge is 0.290 e. The average molecular weight is 695 g/mol. The van der Waals surface area contributed by atoms with Gasteiger partial charge < -0.3 is 42.2 Å². The Labute approximate surface area is 286 Å². The molecule has 0 fully saturated rings. The second-order valence-electron chi connectivity index (χ2n) is 10.9. The van der Waals surface area contributed by atoms with E-state index < -0.39 is 17.7 Å². The number of imidazole rings is 1. The molecule has 1 unspecified atom stereocenters. The third kappa shape index (κ3) is 9.19. The van der Waals surface area contributed by atoms with Crippen molar-refractivity contribution in [3.63, 3.8) is 0 Å². The van der Waals surface area contributed by atoms with Crippen LogP contribution in [0.2, 0.25) is 0 Å². The van der Waals surface area contributed by atoms with Crippen LogP contribution < -0.4 is 37.1 Å². The molecule has 0 spiro atoms. The molecule has 2 amide bonds. The maximum absolute atomic E-state index is 14.8. The van der Waals surface area contributed by atoms with Crippen LogP contribution in [0.5, 0.6) is 5.75 Å². The van der Waals surface area contributed by atoms with Crippen LogP contribution in [-0.4, -0.2) is 89.6 Å². The van der Waals surface area contributed by atoms with E-state index >= 15 is 0 Å². The minimum atomic E-state index is -1.08. The minimum Gasteiger partial charge on any atom is -0.494 e. The Hall–Kier alpha value is -5.84. The van der Waals surface area contributed by atoms with Crippen LogP contribution in [0, 0.1) is 11.6 Å².